The van der Waals surface area contributed by atoms with Gasteiger partial charge < -0.3 is 11.1 Å². The molecule has 6 heteroatoms. The Balaban J connectivity index is 2.16. The summed E-state index contributed by atoms with van der Waals surface area (Å²) >= 11 is 3.36. The third-order valence-corrected chi connectivity index (χ3v) is 3.36. The van der Waals surface area contributed by atoms with Crippen molar-refractivity contribution in [2.45, 2.75) is 5.92 Å². The van der Waals surface area contributed by atoms with Crippen LogP contribution in [0.1, 0.15) is 10.4 Å². The molecule has 3 nitrogen and oxygen atoms in total. The third-order valence-electron chi connectivity index (χ3n) is 2.87. The molecule has 2 aromatic carbocycles. The van der Waals surface area contributed by atoms with Gasteiger partial charge >= 0.3 is 0 Å². The van der Waals surface area contributed by atoms with E-state index in [0.29, 0.717) is 5.56 Å². The Kier molecular flexibility index (Phi) is 4.35. The molecule has 0 atom stereocenters. The van der Waals surface area contributed by atoms with Crippen LogP contribution in [0.5, 0.6) is 0 Å². The van der Waals surface area contributed by atoms with Crippen molar-refractivity contribution in [3.63, 3.8) is 0 Å². The van der Waals surface area contributed by atoms with Crippen molar-refractivity contribution >= 4 is 32.6 Å². The van der Waals surface area contributed by atoms with E-state index in [0.717, 1.165) is 15.2 Å². The number of rotatable bonds is 4. The Morgan fingerprint density at radius 3 is 2.55 bits per heavy atom. The summed E-state index contributed by atoms with van der Waals surface area (Å²) in [6.07, 6.45) is 0. The Hall–Kier alpha value is -1.53. The van der Waals surface area contributed by atoms with Crippen LogP contribution in [0.3, 0.4) is 0 Å². The number of hydrogen-bond acceptors (Lipinski definition) is 2. The predicted molar refractivity (Wildman–Crippen MR) is 78.0 cm³/mol. The van der Waals surface area contributed by atoms with Crippen LogP contribution in [0, 0.1) is 0 Å². The fourth-order valence-electron chi connectivity index (χ4n) is 1.74. The van der Waals surface area contributed by atoms with Gasteiger partial charge in [0.15, 0.2) is 0 Å². The van der Waals surface area contributed by atoms with E-state index >= 15 is 0 Å². The number of alkyl halides is 2. The lowest BCUT2D eigenvalue weighted by atomic mass is 10.1. The fourth-order valence-corrected chi connectivity index (χ4v) is 2.12. The highest BCUT2D eigenvalue weighted by molar-refractivity contribution is 9.10. The van der Waals surface area contributed by atoms with Gasteiger partial charge in [0.1, 0.15) is 0 Å². The van der Waals surface area contributed by atoms with Gasteiger partial charge in [0, 0.05) is 10.0 Å². The largest absolute Gasteiger partial charge is 0.346 e. The van der Waals surface area contributed by atoms with Crippen LogP contribution < -0.4 is 11.1 Å². The molecule has 0 unspecified atom stereocenters. The molecule has 0 fully saturated rings. The molecule has 20 heavy (non-hydrogen) atoms. The molecule has 106 valence electrons. The Bertz CT molecular complexity index is 646. The van der Waals surface area contributed by atoms with Crippen LogP contribution in [0.4, 0.5) is 8.78 Å². The van der Waals surface area contributed by atoms with Crippen LogP contribution in [0.15, 0.2) is 40.9 Å². The minimum atomic E-state index is -3.09. The summed E-state index contributed by atoms with van der Waals surface area (Å²) in [5.74, 6) is -3.62. The molecule has 0 aromatic heterocycles. The average Bonchev–Trinajstić information content (AvgIpc) is 2.44. The lowest BCUT2D eigenvalue weighted by Gasteiger charge is -2.14. The first-order valence-corrected chi connectivity index (χ1v) is 6.76. The summed E-state index contributed by atoms with van der Waals surface area (Å²) in [5.41, 5.74) is 5.25. The minimum absolute atomic E-state index is 0.340. The lowest BCUT2D eigenvalue weighted by molar-refractivity contribution is 0.0118. The summed E-state index contributed by atoms with van der Waals surface area (Å²) in [5, 5.41) is 4.02. The molecule has 0 aliphatic heterocycles. The second kappa shape index (κ2) is 5.85. The summed E-state index contributed by atoms with van der Waals surface area (Å²) in [6.45, 7) is -1.56. The first-order chi connectivity index (χ1) is 9.41. The first-order valence-electron chi connectivity index (χ1n) is 5.97. The molecule has 0 heterocycles. The van der Waals surface area contributed by atoms with Crippen molar-refractivity contribution in [2.75, 3.05) is 13.1 Å². The van der Waals surface area contributed by atoms with Gasteiger partial charge in [-0.1, -0.05) is 28.1 Å². The highest BCUT2D eigenvalue weighted by atomic mass is 79.9. The third kappa shape index (κ3) is 3.52. The molecular formula is C14H13BrF2N2O. The topological polar surface area (TPSA) is 55.1 Å². The number of amides is 1. The van der Waals surface area contributed by atoms with Gasteiger partial charge in [0.05, 0.1) is 13.1 Å². The Labute approximate surface area is 123 Å². The van der Waals surface area contributed by atoms with Crippen molar-refractivity contribution in [1.82, 2.24) is 5.32 Å². The molecule has 0 spiro atoms. The van der Waals surface area contributed by atoms with E-state index in [9.17, 15) is 13.6 Å². The molecule has 0 radical (unpaired) electrons. The molecule has 0 aliphatic rings. The van der Waals surface area contributed by atoms with Gasteiger partial charge in [-0.25, -0.2) is 8.78 Å². The lowest BCUT2D eigenvalue weighted by Crippen LogP contribution is -2.41. The quantitative estimate of drug-likeness (QED) is 0.897. The monoisotopic (exact) mass is 342 g/mol. The summed E-state index contributed by atoms with van der Waals surface area (Å²) < 4.78 is 26.9. The Morgan fingerprint density at radius 2 is 1.85 bits per heavy atom. The SMILES string of the molecule is NCC(F)(F)CNC(=O)c1ccc2cc(Br)ccc2c1. The van der Waals surface area contributed by atoms with E-state index in [2.05, 4.69) is 21.2 Å². The minimum Gasteiger partial charge on any atom is -0.346 e. The molecule has 0 bridgehead atoms. The summed E-state index contributed by atoms with van der Waals surface area (Å²) in [6, 6.07) is 10.7. The first kappa shape index (κ1) is 14.9. The number of carbonyl (C=O) groups excluding carboxylic acids is 1. The molecule has 0 saturated carbocycles. The summed E-state index contributed by atoms with van der Waals surface area (Å²) in [7, 11) is 0. The van der Waals surface area contributed by atoms with Gasteiger partial charge in [-0.15, -0.1) is 0 Å². The molecular weight excluding hydrogens is 330 g/mol. The van der Waals surface area contributed by atoms with Crippen molar-refractivity contribution in [3.8, 4) is 0 Å². The summed E-state index contributed by atoms with van der Waals surface area (Å²) in [4.78, 5) is 11.8. The van der Waals surface area contributed by atoms with Crippen molar-refractivity contribution in [3.05, 3.63) is 46.4 Å². The maximum absolute atomic E-state index is 13.0. The van der Waals surface area contributed by atoms with Crippen LogP contribution in [-0.2, 0) is 0 Å². The van der Waals surface area contributed by atoms with Crippen molar-refractivity contribution in [2.24, 2.45) is 5.73 Å². The Morgan fingerprint density at radius 1 is 1.20 bits per heavy atom. The fraction of sp³-hybridized carbons (Fsp3) is 0.214. The maximum Gasteiger partial charge on any atom is 0.277 e. The number of nitrogens with one attached hydrogen (secondary N) is 1. The number of halogens is 3. The van der Waals surface area contributed by atoms with Crippen LogP contribution in [0.25, 0.3) is 10.8 Å². The number of fused-ring (bicyclic) bond motifs is 1. The van der Waals surface area contributed by atoms with E-state index in [1.165, 1.54) is 0 Å². The van der Waals surface area contributed by atoms with E-state index in [1.807, 2.05) is 18.2 Å². The highest BCUT2D eigenvalue weighted by Crippen LogP contribution is 2.21. The zero-order valence-electron chi connectivity index (χ0n) is 10.5. The standard InChI is InChI=1S/C14H13BrF2N2O/c15-12-4-3-9-5-11(2-1-10(9)6-12)13(20)19-8-14(16,17)7-18/h1-6H,7-8,18H2,(H,19,20). The maximum atomic E-state index is 13.0. The van der Waals surface area contributed by atoms with Gasteiger partial charge in [-0.3, -0.25) is 4.79 Å². The molecule has 1 amide bonds. The van der Waals surface area contributed by atoms with E-state index in [4.69, 9.17) is 5.73 Å². The second-order valence-electron chi connectivity index (χ2n) is 4.45. The number of nitrogens with two attached hydrogens (primary N) is 1. The average molecular weight is 343 g/mol. The van der Waals surface area contributed by atoms with Crippen LogP contribution in [0.2, 0.25) is 0 Å². The number of hydrogen-bond donors (Lipinski definition) is 2. The highest BCUT2D eigenvalue weighted by Gasteiger charge is 2.27. The molecule has 2 aromatic rings. The number of carbonyl (C=O) groups is 1. The normalized spacial score (nSPS) is 11.6. The molecule has 2 rings (SSSR count). The molecule has 0 saturated heterocycles. The van der Waals surface area contributed by atoms with E-state index in [-0.39, 0.29) is 0 Å². The predicted octanol–water partition coefficient (Wildman–Crippen LogP) is 2.93. The van der Waals surface area contributed by atoms with Crippen LogP contribution in [-0.4, -0.2) is 24.9 Å². The van der Waals surface area contributed by atoms with Gasteiger partial charge in [-0.05, 0) is 35.0 Å². The van der Waals surface area contributed by atoms with Gasteiger partial charge in [0.25, 0.3) is 11.8 Å². The van der Waals surface area contributed by atoms with E-state index in [1.54, 1.807) is 18.2 Å². The van der Waals surface area contributed by atoms with Gasteiger partial charge in [-0.2, -0.15) is 0 Å². The zero-order chi connectivity index (χ0) is 14.8. The molecule has 0 aliphatic carbocycles. The molecule has 3 N–H and O–H groups in total. The van der Waals surface area contributed by atoms with Crippen LogP contribution >= 0.6 is 15.9 Å². The van der Waals surface area contributed by atoms with E-state index < -0.39 is 24.9 Å². The van der Waals surface area contributed by atoms with Crippen molar-refractivity contribution < 1.29 is 13.6 Å². The smallest absolute Gasteiger partial charge is 0.277 e. The van der Waals surface area contributed by atoms with Gasteiger partial charge in [0.2, 0.25) is 0 Å². The van der Waals surface area contributed by atoms with Crippen molar-refractivity contribution in [1.29, 1.82) is 0 Å². The number of benzene rings is 2. The second-order valence-corrected chi connectivity index (χ2v) is 5.36. The zero-order valence-corrected chi connectivity index (χ0v) is 12.1.